The maximum Gasteiger partial charge on any atom is 0.227 e. The van der Waals surface area contributed by atoms with E-state index in [2.05, 4.69) is 15.6 Å². The lowest BCUT2D eigenvalue weighted by Crippen LogP contribution is -2.48. The van der Waals surface area contributed by atoms with Gasteiger partial charge in [-0.3, -0.25) is 4.79 Å². The second kappa shape index (κ2) is 4.87. The Morgan fingerprint density at radius 1 is 1.71 bits per heavy atom. The minimum atomic E-state index is -0.296. The summed E-state index contributed by atoms with van der Waals surface area (Å²) in [6.45, 7) is 6.04. The summed E-state index contributed by atoms with van der Waals surface area (Å²) in [7, 11) is 0. The molecular formula is C12H19N3O2. The summed E-state index contributed by atoms with van der Waals surface area (Å²) in [5.41, 5.74) is 0.501. The van der Waals surface area contributed by atoms with Gasteiger partial charge in [-0.2, -0.15) is 0 Å². The number of nitrogens with zero attached hydrogens (tertiary/aromatic N) is 1. The largest absolute Gasteiger partial charge is 0.448 e. The molecule has 1 aromatic heterocycles. The van der Waals surface area contributed by atoms with E-state index >= 15 is 0 Å². The Balaban J connectivity index is 1.91. The van der Waals surface area contributed by atoms with Gasteiger partial charge in [-0.25, -0.2) is 4.98 Å². The van der Waals surface area contributed by atoms with Gasteiger partial charge in [-0.1, -0.05) is 0 Å². The highest BCUT2D eigenvalue weighted by molar-refractivity contribution is 5.82. The van der Waals surface area contributed by atoms with Crippen molar-refractivity contribution in [2.45, 2.75) is 33.2 Å². The molecule has 1 aromatic rings. The molecule has 0 spiro atoms. The number of aromatic nitrogens is 1. The first-order chi connectivity index (χ1) is 8.12. The van der Waals surface area contributed by atoms with Crippen molar-refractivity contribution in [3.8, 4) is 0 Å². The third-order valence-corrected chi connectivity index (χ3v) is 3.41. The molecule has 0 aliphatic carbocycles. The van der Waals surface area contributed by atoms with Crippen LogP contribution in [-0.4, -0.2) is 24.0 Å². The highest BCUT2D eigenvalue weighted by Gasteiger charge is 2.34. The van der Waals surface area contributed by atoms with Crippen molar-refractivity contribution >= 4 is 5.91 Å². The molecule has 0 bridgehead atoms. The van der Waals surface area contributed by atoms with Crippen molar-refractivity contribution < 1.29 is 9.21 Å². The third-order valence-electron chi connectivity index (χ3n) is 3.41. The van der Waals surface area contributed by atoms with Crippen LogP contribution in [-0.2, 0) is 11.3 Å². The Morgan fingerprint density at radius 3 is 3.12 bits per heavy atom. The normalized spacial score (nSPS) is 24.6. The second-order valence-corrected chi connectivity index (χ2v) is 4.88. The molecule has 2 rings (SSSR count). The zero-order valence-electron chi connectivity index (χ0n) is 10.4. The molecule has 94 valence electrons. The topological polar surface area (TPSA) is 67.2 Å². The number of aryl methyl sites for hydroxylation is 1. The Bertz CT molecular complexity index is 394. The summed E-state index contributed by atoms with van der Waals surface area (Å²) in [4.78, 5) is 16.2. The number of rotatable bonds is 3. The number of amides is 1. The standard InChI is InChI=1S/C12H19N3O2/c1-9-10(15-8-17-9)6-14-11(16)12(2)4-3-5-13-7-12/h8,13H,3-7H2,1-2H3,(H,14,16). The summed E-state index contributed by atoms with van der Waals surface area (Å²) in [6.07, 6.45) is 3.39. The van der Waals surface area contributed by atoms with Crippen molar-refractivity contribution in [3.05, 3.63) is 17.8 Å². The van der Waals surface area contributed by atoms with Gasteiger partial charge in [0.25, 0.3) is 0 Å². The molecule has 2 heterocycles. The zero-order chi connectivity index (χ0) is 12.3. The predicted octanol–water partition coefficient (Wildman–Crippen LogP) is 0.989. The summed E-state index contributed by atoms with van der Waals surface area (Å²) in [5.74, 6) is 0.851. The molecule has 17 heavy (non-hydrogen) atoms. The maximum absolute atomic E-state index is 12.1. The lowest BCUT2D eigenvalue weighted by Gasteiger charge is -2.32. The van der Waals surface area contributed by atoms with Crippen molar-refractivity contribution in [2.75, 3.05) is 13.1 Å². The van der Waals surface area contributed by atoms with E-state index in [-0.39, 0.29) is 11.3 Å². The number of carbonyl (C=O) groups is 1. The molecule has 0 aromatic carbocycles. The van der Waals surface area contributed by atoms with Gasteiger partial charge in [0.2, 0.25) is 5.91 Å². The Morgan fingerprint density at radius 2 is 2.53 bits per heavy atom. The van der Waals surface area contributed by atoms with Crippen LogP contribution in [0.1, 0.15) is 31.2 Å². The maximum atomic E-state index is 12.1. The van der Waals surface area contributed by atoms with Gasteiger partial charge in [0, 0.05) is 6.54 Å². The van der Waals surface area contributed by atoms with E-state index < -0.39 is 0 Å². The fourth-order valence-electron chi connectivity index (χ4n) is 2.13. The molecule has 1 aliphatic heterocycles. The Kier molecular flexibility index (Phi) is 3.47. The Labute approximate surface area is 101 Å². The van der Waals surface area contributed by atoms with Crippen LogP contribution in [0.5, 0.6) is 0 Å². The molecule has 1 saturated heterocycles. The molecule has 1 atom stereocenters. The van der Waals surface area contributed by atoms with Crippen molar-refractivity contribution in [3.63, 3.8) is 0 Å². The molecule has 1 fully saturated rings. The molecule has 1 aliphatic rings. The van der Waals surface area contributed by atoms with Crippen molar-refractivity contribution in [2.24, 2.45) is 5.41 Å². The van der Waals surface area contributed by atoms with Crippen LogP contribution in [0.2, 0.25) is 0 Å². The molecule has 0 radical (unpaired) electrons. The van der Waals surface area contributed by atoms with E-state index in [4.69, 9.17) is 4.42 Å². The molecular weight excluding hydrogens is 218 g/mol. The first kappa shape index (κ1) is 12.1. The highest BCUT2D eigenvalue weighted by Crippen LogP contribution is 2.25. The van der Waals surface area contributed by atoms with Crippen LogP contribution in [0.15, 0.2) is 10.8 Å². The van der Waals surface area contributed by atoms with E-state index in [1.807, 2.05) is 13.8 Å². The lowest BCUT2D eigenvalue weighted by molar-refractivity contribution is -0.131. The summed E-state index contributed by atoms with van der Waals surface area (Å²) < 4.78 is 5.09. The van der Waals surface area contributed by atoms with E-state index in [0.717, 1.165) is 37.4 Å². The van der Waals surface area contributed by atoms with Crippen molar-refractivity contribution in [1.82, 2.24) is 15.6 Å². The molecule has 5 nitrogen and oxygen atoms in total. The number of nitrogens with one attached hydrogen (secondary N) is 2. The van der Waals surface area contributed by atoms with Crippen LogP contribution >= 0.6 is 0 Å². The van der Waals surface area contributed by atoms with Gasteiger partial charge in [-0.05, 0) is 33.2 Å². The van der Waals surface area contributed by atoms with Crippen LogP contribution in [0.4, 0.5) is 0 Å². The van der Waals surface area contributed by atoms with E-state index in [0.29, 0.717) is 6.54 Å². The average Bonchev–Trinajstić information content (AvgIpc) is 2.73. The van der Waals surface area contributed by atoms with Crippen LogP contribution in [0.25, 0.3) is 0 Å². The fraction of sp³-hybridized carbons (Fsp3) is 0.667. The van der Waals surface area contributed by atoms with Crippen LogP contribution in [0.3, 0.4) is 0 Å². The monoisotopic (exact) mass is 237 g/mol. The van der Waals surface area contributed by atoms with Gasteiger partial charge in [0.05, 0.1) is 12.0 Å². The fourth-order valence-corrected chi connectivity index (χ4v) is 2.13. The van der Waals surface area contributed by atoms with E-state index in [1.165, 1.54) is 6.39 Å². The number of carbonyl (C=O) groups excluding carboxylic acids is 1. The summed E-state index contributed by atoms with van der Waals surface area (Å²) in [5, 5.41) is 6.20. The molecule has 2 N–H and O–H groups in total. The van der Waals surface area contributed by atoms with Crippen LogP contribution in [0, 0.1) is 12.3 Å². The van der Waals surface area contributed by atoms with E-state index in [9.17, 15) is 4.79 Å². The first-order valence-electron chi connectivity index (χ1n) is 6.00. The molecule has 0 saturated carbocycles. The summed E-state index contributed by atoms with van der Waals surface area (Å²) >= 11 is 0. The second-order valence-electron chi connectivity index (χ2n) is 4.88. The minimum absolute atomic E-state index is 0.0899. The van der Waals surface area contributed by atoms with Crippen molar-refractivity contribution in [1.29, 1.82) is 0 Å². The molecule has 5 heteroatoms. The van der Waals surface area contributed by atoms with Gasteiger partial charge >= 0.3 is 0 Å². The molecule has 1 amide bonds. The summed E-state index contributed by atoms with van der Waals surface area (Å²) in [6, 6.07) is 0. The number of hydrogen-bond acceptors (Lipinski definition) is 4. The number of hydrogen-bond donors (Lipinski definition) is 2. The lowest BCUT2D eigenvalue weighted by atomic mass is 9.82. The SMILES string of the molecule is Cc1ocnc1CNC(=O)C1(C)CCCNC1. The first-order valence-corrected chi connectivity index (χ1v) is 6.00. The van der Waals surface area contributed by atoms with Gasteiger partial charge < -0.3 is 15.1 Å². The van der Waals surface area contributed by atoms with E-state index in [1.54, 1.807) is 0 Å². The predicted molar refractivity (Wildman–Crippen MR) is 63.3 cm³/mol. The quantitative estimate of drug-likeness (QED) is 0.822. The minimum Gasteiger partial charge on any atom is -0.448 e. The zero-order valence-corrected chi connectivity index (χ0v) is 10.4. The van der Waals surface area contributed by atoms with Gasteiger partial charge in [0.15, 0.2) is 6.39 Å². The molecule has 1 unspecified atom stereocenters. The number of piperidine rings is 1. The van der Waals surface area contributed by atoms with Crippen LogP contribution < -0.4 is 10.6 Å². The third kappa shape index (κ3) is 2.66. The smallest absolute Gasteiger partial charge is 0.227 e. The van der Waals surface area contributed by atoms with Gasteiger partial charge in [-0.15, -0.1) is 0 Å². The average molecular weight is 237 g/mol. The highest BCUT2D eigenvalue weighted by atomic mass is 16.3. The number of oxazole rings is 1. The van der Waals surface area contributed by atoms with Gasteiger partial charge in [0.1, 0.15) is 11.5 Å². The Hall–Kier alpha value is -1.36.